The van der Waals surface area contributed by atoms with Gasteiger partial charge in [0, 0.05) is 6.54 Å². The Balaban J connectivity index is 2.50. The number of hydrogen-bond donors (Lipinski definition) is 0. The van der Waals surface area contributed by atoms with Crippen molar-refractivity contribution in [1.29, 1.82) is 0 Å². The van der Waals surface area contributed by atoms with Gasteiger partial charge in [-0.05, 0) is 31.8 Å². The molecule has 0 unspecified atom stereocenters. The van der Waals surface area contributed by atoms with E-state index in [1.807, 2.05) is 0 Å². The van der Waals surface area contributed by atoms with Gasteiger partial charge in [0.05, 0.1) is 0 Å². The quantitative estimate of drug-likeness (QED) is 0.679. The van der Waals surface area contributed by atoms with E-state index in [0.717, 1.165) is 17.8 Å². The van der Waals surface area contributed by atoms with Crippen molar-refractivity contribution in [2.45, 2.75) is 65.2 Å². The summed E-state index contributed by atoms with van der Waals surface area (Å²) in [5.41, 5.74) is 0. The average molecular weight is 239 g/mol. The van der Waals surface area contributed by atoms with E-state index in [1.54, 1.807) is 0 Å². The summed E-state index contributed by atoms with van der Waals surface area (Å²) in [5, 5.41) is 0. The Hall–Kier alpha value is -0.0400. The first-order valence-electron chi connectivity index (χ1n) is 7.79. The lowest BCUT2D eigenvalue weighted by Crippen LogP contribution is -2.30. The Morgan fingerprint density at radius 2 is 1.53 bits per heavy atom. The maximum absolute atomic E-state index is 2.47. The molecular formula is C16H33N. The summed E-state index contributed by atoms with van der Waals surface area (Å²) in [6, 6.07) is 0. The van der Waals surface area contributed by atoms with Gasteiger partial charge in [0.1, 0.15) is 0 Å². The minimum atomic E-state index is 0.861. The van der Waals surface area contributed by atoms with Crippen molar-refractivity contribution >= 4 is 0 Å². The minimum Gasteiger partial charge on any atom is -0.309 e. The van der Waals surface area contributed by atoms with Crippen LogP contribution >= 0.6 is 0 Å². The second-order valence-electron chi connectivity index (χ2n) is 6.42. The summed E-state index contributed by atoms with van der Waals surface area (Å²) in [6.45, 7) is 6.12. The van der Waals surface area contributed by atoms with Crippen LogP contribution in [0.15, 0.2) is 0 Å². The van der Waals surface area contributed by atoms with Crippen LogP contribution < -0.4 is 0 Å². The molecule has 0 bridgehead atoms. The second-order valence-corrected chi connectivity index (χ2v) is 6.42. The summed E-state index contributed by atoms with van der Waals surface area (Å²) in [6.07, 6.45) is 11.8. The second kappa shape index (κ2) is 8.13. The maximum atomic E-state index is 2.47. The first-order chi connectivity index (χ1) is 8.15. The molecule has 0 saturated heterocycles. The summed E-state index contributed by atoms with van der Waals surface area (Å²) in [4.78, 5) is 2.36. The third-order valence-electron chi connectivity index (χ3n) is 4.61. The molecule has 1 nitrogen and oxygen atoms in total. The van der Waals surface area contributed by atoms with E-state index in [9.17, 15) is 0 Å². The molecule has 0 aromatic carbocycles. The molecule has 1 rings (SSSR count). The lowest BCUT2D eigenvalue weighted by molar-refractivity contribution is 0.164. The molecule has 2 atom stereocenters. The molecule has 1 aliphatic rings. The molecule has 1 fully saturated rings. The summed E-state index contributed by atoms with van der Waals surface area (Å²) < 4.78 is 0. The van der Waals surface area contributed by atoms with Gasteiger partial charge in [0.15, 0.2) is 0 Å². The molecule has 102 valence electrons. The van der Waals surface area contributed by atoms with Gasteiger partial charge in [-0.1, -0.05) is 65.2 Å². The van der Waals surface area contributed by atoms with Crippen molar-refractivity contribution < 1.29 is 0 Å². The molecule has 0 N–H and O–H groups in total. The topological polar surface area (TPSA) is 3.24 Å². The summed E-state index contributed by atoms with van der Waals surface area (Å²) in [7, 11) is 4.42. The predicted molar refractivity (Wildman–Crippen MR) is 77.3 cm³/mol. The normalized spacial score (nSPS) is 23.1. The van der Waals surface area contributed by atoms with Crippen LogP contribution in [-0.4, -0.2) is 25.5 Å². The van der Waals surface area contributed by atoms with Crippen molar-refractivity contribution in [3.05, 3.63) is 0 Å². The first-order valence-corrected chi connectivity index (χ1v) is 7.79. The highest BCUT2D eigenvalue weighted by Crippen LogP contribution is 2.34. The summed E-state index contributed by atoms with van der Waals surface area (Å²) >= 11 is 0. The van der Waals surface area contributed by atoms with Crippen molar-refractivity contribution in [2.24, 2.45) is 17.8 Å². The van der Waals surface area contributed by atoms with E-state index in [4.69, 9.17) is 0 Å². The molecule has 17 heavy (non-hydrogen) atoms. The zero-order valence-corrected chi connectivity index (χ0v) is 12.5. The van der Waals surface area contributed by atoms with E-state index >= 15 is 0 Å². The van der Waals surface area contributed by atoms with E-state index < -0.39 is 0 Å². The minimum absolute atomic E-state index is 0.861. The van der Waals surface area contributed by atoms with Gasteiger partial charge in [-0.15, -0.1) is 0 Å². The predicted octanol–water partition coefficient (Wildman–Crippen LogP) is 4.57. The van der Waals surface area contributed by atoms with E-state index in [-0.39, 0.29) is 0 Å². The highest BCUT2D eigenvalue weighted by atomic mass is 15.1. The highest BCUT2D eigenvalue weighted by molar-refractivity contribution is 4.76. The van der Waals surface area contributed by atoms with Gasteiger partial charge in [-0.25, -0.2) is 0 Å². The lowest BCUT2D eigenvalue weighted by atomic mass is 9.74. The molecule has 0 amide bonds. The smallest absolute Gasteiger partial charge is 0.000367 e. The van der Waals surface area contributed by atoms with Crippen LogP contribution in [-0.2, 0) is 0 Å². The molecule has 0 radical (unpaired) electrons. The van der Waals surface area contributed by atoms with Crippen LogP contribution in [0.1, 0.15) is 65.2 Å². The van der Waals surface area contributed by atoms with Crippen LogP contribution in [0.3, 0.4) is 0 Å². The van der Waals surface area contributed by atoms with Crippen LogP contribution in [0, 0.1) is 17.8 Å². The molecule has 0 aliphatic heterocycles. The Kier molecular flexibility index (Phi) is 7.18. The van der Waals surface area contributed by atoms with Crippen LogP contribution in [0.2, 0.25) is 0 Å². The monoisotopic (exact) mass is 239 g/mol. The highest BCUT2D eigenvalue weighted by Gasteiger charge is 2.25. The fourth-order valence-corrected chi connectivity index (χ4v) is 3.83. The largest absolute Gasteiger partial charge is 0.309 e. The molecule has 0 spiro atoms. The van der Waals surface area contributed by atoms with Crippen molar-refractivity contribution in [1.82, 2.24) is 4.90 Å². The lowest BCUT2D eigenvalue weighted by Gasteiger charge is -2.34. The number of rotatable bonds is 5. The van der Waals surface area contributed by atoms with E-state index in [1.165, 1.54) is 57.9 Å². The zero-order chi connectivity index (χ0) is 12.7. The summed E-state index contributed by atoms with van der Waals surface area (Å²) in [5.74, 6) is 2.82. The fourth-order valence-electron chi connectivity index (χ4n) is 3.83. The Morgan fingerprint density at radius 3 is 2.00 bits per heavy atom. The third kappa shape index (κ3) is 5.42. The molecule has 1 heteroatoms. The van der Waals surface area contributed by atoms with Crippen LogP contribution in [0.4, 0.5) is 0 Å². The van der Waals surface area contributed by atoms with Gasteiger partial charge >= 0.3 is 0 Å². The SMILES string of the molecule is CC[C@@H](C1CCCCCCC1)[C@@H](C)CN(C)C. The number of nitrogens with zero attached hydrogens (tertiary/aromatic N) is 1. The first kappa shape index (κ1) is 15.0. The number of hydrogen-bond acceptors (Lipinski definition) is 1. The van der Waals surface area contributed by atoms with Gasteiger partial charge in [-0.2, -0.15) is 0 Å². The molecule has 1 aliphatic carbocycles. The maximum Gasteiger partial charge on any atom is 0.000367 e. The van der Waals surface area contributed by atoms with Gasteiger partial charge in [0.2, 0.25) is 0 Å². The van der Waals surface area contributed by atoms with Crippen molar-refractivity contribution in [2.75, 3.05) is 20.6 Å². The molecule has 0 aromatic heterocycles. The Bertz CT molecular complexity index is 180. The average Bonchev–Trinajstić information content (AvgIpc) is 2.20. The molecule has 0 heterocycles. The van der Waals surface area contributed by atoms with Crippen molar-refractivity contribution in [3.8, 4) is 0 Å². The molecular weight excluding hydrogens is 206 g/mol. The Labute approximate surface area is 109 Å². The fraction of sp³-hybridized carbons (Fsp3) is 1.00. The van der Waals surface area contributed by atoms with E-state index in [2.05, 4.69) is 32.8 Å². The standard InChI is InChI=1S/C16H33N/c1-5-16(14(2)13-17(3)4)15-11-9-7-6-8-10-12-15/h14-16H,5-13H2,1-4H3/t14-,16+/m0/s1. The van der Waals surface area contributed by atoms with Crippen molar-refractivity contribution in [3.63, 3.8) is 0 Å². The van der Waals surface area contributed by atoms with Gasteiger partial charge in [0.25, 0.3) is 0 Å². The van der Waals surface area contributed by atoms with Crippen LogP contribution in [0.5, 0.6) is 0 Å². The molecule has 0 aromatic rings. The van der Waals surface area contributed by atoms with Gasteiger partial charge < -0.3 is 4.90 Å². The van der Waals surface area contributed by atoms with Crippen LogP contribution in [0.25, 0.3) is 0 Å². The molecule has 1 saturated carbocycles. The third-order valence-corrected chi connectivity index (χ3v) is 4.61. The van der Waals surface area contributed by atoms with E-state index in [0.29, 0.717) is 0 Å². The van der Waals surface area contributed by atoms with Gasteiger partial charge in [-0.3, -0.25) is 0 Å². The Morgan fingerprint density at radius 1 is 1.00 bits per heavy atom. The zero-order valence-electron chi connectivity index (χ0n) is 12.5.